The second-order valence-corrected chi connectivity index (χ2v) is 9.12. The number of amides is 1. The fourth-order valence-electron chi connectivity index (χ4n) is 3.18. The van der Waals surface area contributed by atoms with Gasteiger partial charge >= 0.3 is 0 Å². The minimum absolute atomic E-state index is 0.169. The molecule has 3 heterocycles. The molecule has 180 valence electrons. The van der Waals surface area contributed by atoms with Gasteiger partial charge in [-0.3, -0.25) is 14.7 Å². The highest BCUT2D eigenvalue weighted by atomic mass is 32.2. The van der Waals surface area contributed by atoms with Crippen molar-refractivity contribution in [3.63, 3.8) is 0 Å². The predicted molar refractivity (Wildman–Crippen MR) is 137 cm³/mol. The summed E-state index contributed by atoms with van der Waals surface area (Å²) in [4.78, 5) is 19.3. The Kier molecular flexibility index (Phi) is 7.99. The highest BCUT2D eigenvalue weighted by Crippen LogP contribution is 2.34. The second-order valence-electron chi connectivity index (χ2n) is 8.11. The monoisotopic (exact) mass is 490 g/mol. The summed E-state index contributed by atoms with van der Waals surface area (Å²) in [5.74, 6) is 2.19. The molecule has 0 aliphatic carbocycles. The molecule has 1 aromatic carbocycles. The van der Waals surface area contributed by atoms with Gasteiger partial charge in [-0.05, 0) is 71.3 Å². The van der Waals surface area contributed by atoms with Crippen LogP contribution < -0.4 is 9.47 Å². The Labute approximate surface area is 208 Å². The van der Waals surface area contributed by atoms with Crippen molar-refractivity contribution in [3.05, 3.63) is 82.9 Å². The van der Waals surface area contributed by atoms with E-state index in [0.717, 1.165) is 11.1 Å². The quantitative estimate of drug-likeness (QED) is 0.232. The molecule has 4 rings (SSSR count). The van der Waals surface area contributed by atoms with Gasteiger partial charge in [0.2, 0.25) is 0 Å². The zero-order valence-electron chi connectivity index (χ0n) is 19.7. The molecule has 1 amide bonds. The maximum absolute atomic E-state index is 13.1. The summed E-state index contributed by atoms with van der Waals surface area (Å²) < 4.78 is 16.7. The molecule has 1 saturated heterocycles. The van der Waals surface area contributed by atoms with Gasteiger partial charge in [0.1, 0.15) is 5.76 Å². The van der Waals surface area contributed by atoms with E-state index in [1.54, 1.807) is 49.0 Å². The lowest BCUT2D eigenvalue weighted by Crippen LogP contribution is -2.28. The van der Waals surface area contributed by atoms with Crippen molar-refractivity contribution in [2.45, 2.75) is 20.4 Å². The summed E-state index contributed by atoms with van der Waals surface area (Å²) >= 11 is 1.26. The zero-order chi connectivity index (χ0) is 24.6. The third-order valence-corrected chi connectivity index (χ3v) is 5.87. The first-order valence-electron chi connectivity index (χ1n) is 11.1. The molecule has 1 aliphatic rings. The Bertz CT molecular complexity index is 1240. The first kappa shape index (κ1) is 24.3. The Morgan fingerprint density at radius 3 is 2.77 bits per heavy atom. The van der Waals surface area contributed by atoms with Crippen molar-refractivity contribution in [3.8, 4) is 11.5 Å². The molecular weight excluding hydrogens is 464 g/mol. The first-order valence-corrected chi connectivity index (χ1v) is 11.9. The van der Waals surface area contributed by atoms with Gasteiger partial charge in [0, 0.05) is 12.4 Å². The Balaban J connectivity index is 1.56. The zero-order valence-corrected chi connectivity index (χ0v) is 20.6. The van der Waals surface area contributed by atoms with Gasteiger partial charge in [0.25, 0.3) is 5.91 Å². The number of aromatic nitrogens is 1. The number of hydrogen-bond acceptors (Lipinski definition) is 8. The largest absolute Gasteiger partial charge is 0.493 e. The van der Waals surface area contributed by atoms with Crippen molar-refractivity contribution in [1.82, 2.24) is 9.88 Å². The lowest BCUT2D eigenvalue weighted by Gasteiger charge is -2.13. The molecule has 0 unspecified atom stereocenters. The van der Waals surface area contributed by atoms with Gasteiger partial charge < -0.3 is 13.9 Å². The van der Waals surface area contributed by atoms with E-state index < -0.39 is 0 Å². The van der Waals surface area contributed by atoms with Gasteiger partial charge in [0.05, 0.1) is 37.6 Å². The summed E-state index contributed by atoms with van der Waals surface area (Å²) in [6.07, 6.45) is 8.37. The lowest BCUT2D eigenvalue weighted by atomic mass is 10.2. The maximum Gasteiger partial charge on any atom is 0.267 e. The van der Waals surface area contributed by atoms with E-state index in [4.69, 9.17) is 13.9 Å². The summed E-state index contributed by atoms with van der Waals surface area (Å²) in [6.45, 7) is 5.03. The average molecular weight is 491 g/mol. The Morgan fingerprint density at radius 2 is 2.06 bits per heavy atom. The summed E-state index contributed by atoms with van der Waals surface area (Å²) in [5, 5.41) is 9.04. The van der Waals surface area contributed by atoms with Gasteiger partial charge in [-0.15, -0.1) is 5.10 Å². The van der Waals surface area contributed by atoms with Crippen LogP contribution in [0.1, 0.15) is 30.7 Å². The van der Waals surface area contributed by atoms with E-state index in [9.17, 15) is 4.79 Å². The minimum Gasteiger partial charge on any atom is -0.493 e. The number of ether oxygens (including phenoxy) is 2. The molecule has 8 nitrogen and oxygen atoms in total. The predicted octanol–water partition coefficient (Wildman–Crippen LogP) is 5.22. The van der Waals surface area contributed by atoms with E-state index >= 15 is 0 Å². The number of carbonyl (C=O) groups is 1. The Hall–Kier alpha value is -3.85. The second kappa shape index (κ2) is 11.5. The van der Waals surface area contributed by atoms with Crippen LogP contribution in [-0.2, 0) is 11.3 Å². The van der Waals surface area contributed by atoms with Crippen molar-refractivity contribution in [2.75, 3.05) is 13.7 Å². The number of furan rings is 1. The standard InChI is InChI=1S/C26H26N4O4S/c1-18(2)17-34-22-9-8-20(12-23(22)32-3)15-28-29-26-30(16-21-7-5-11-33-21)25(31)24(35-26)13-19-6-4-10-27-14-19/h4-15,18H,16-17H2,1-3H3/b24-13-,28-15-,29-26+. The molecule has 2 aromatic heterocycles. The van der Waals surface area contributed by atoms with Gasteiger partial charge in [-0.25, -0.2) is 0 Å². The molecular formula is C26H26N4O4S. The third-order valence-electron chi connectivity index (χ3n) is 4.87. The lowest BCUT2D eigenvalue weighted by molar-refractivity contribution is -0.122. The summed E-state index contributed by atoms with van der Waals surface area (Å²) in [7, 11) is 1.60. The van der Waals surface area contributed by atoms with E-state index in [-0.39, 0.29) is 12.5 Å². The maximum atomic E-state index is 13.1. The normalized spacial score (nSPS) is 16.2. The van der Waals surface area contributed by atoms with E-state index in [1.807, 2.05) is 36.4 Å². The van der Waals surface area contributed by atoms with Crippen LogP contribution in [0.4, 0.5) is 0 Å². The van der Waals surface area contributed by atoms with Crippen molar-refractivity contribution in [2.24, 2.45) is 16.1 Å². The molecule has 0 N–H and O–H groups in total. The molecule has 9 heteroatoms. The molecule has 1 fully saturated rings. The molecule has 0 spiro atoms. The number of hydrogen-bond donors (Lipinski definition) is 0. The highest BCUT2D eigenvalue weighted by molar-refractivity contribution is 8.18. The number of benzene rings is 1. The van der Waals surface area contributed by atoms with Crippen LogP contribution >= 0.6 is 11.8 Å². The molecule has 0 atom stereocenters. The smallest absolute Gasteiger partial charge is 0.267 e. The van der Waals surface area contributed by atoms with Gasteiger partial charge in [-0.2, -0.15) is 5.10 Å². The SMILES string of the molecule is COc1cc(/C=N\N=C2\S/C(=C\c3cccnc3)C(=O)N2Cc2ccco2)ccc1OCC(C)C. The number of carbonyl (C=O) groups excluding carboxylic acids is 1. The van der Waals surface area contributed by atoms with Crippen molar-refractivity contribution in [1.29, 1.82) is 0 Å². The number of methoxy groups -OCH3 is 1. The van der Waals surface area contributed by atoms with Crippen LogP contribution in [0.25, 0.3) is 6.08 Å². The Morgan fingerprint density at radius 1 is 1.17 bits per heavy atom. The fraction of sp³-hybridized carbons (Fsp3) is 0.231. The molecule has 35 heavy (non-hydrogen) atoms. The van der Waals surface area contributed by atoms with Gasteiger partial charge in [-0.1, -0.05) is 19.9 Å². The van der Waals surface area contributed by atoms with Crippen LogP contribution in [0, 0.1) is 5.92 Å². The molecule has 0 radical (unpaired) electrons. The van der Waals surface area contributed by atoms with E-state index in [1.165, 1.54) is 11.8 Å². The number of thioether (sulfide) groups is 1. The van der Waals surface area contributed by atoms with Crippen LogP contribution in [0.5, 0.6) is 11.5 Å². The molecule has 1 aliphatic heterocycles. The van der Waals surface area contributed by atoms with Crippen LogP contribution in [-0.4, -0.2) is 40.9 Å². The van der Waals surface area contributed by atoms with E-state index in [0.29, 0.717) is 39.9 Å². The number of amidine groups is 1. The first-order chi connectivity index (χ1) is 17.0. The highest BCUT2D eigenvalue weighted by Gasteiger charge is 2.34. The summed E-state index contributed by atoms with van der Waals surface area (Å²) in [5.41, 5.74) is 1.62. The molecule has 3 aromatic rings. The summed E-state index contributed by atoms with van der Waals surface area (Å²) in [6, 6.07) is 12.9. The van der Waals surface area contributed by atoms with Crippen LogP contribution in [0.2, 0.25) is 0 Å². The topological polar surface area (TPSA) is 89.5 Å². The number of nitrogens with zero attached hydrogens (tertiary/aromatic N) is 4. The van der Waals surface area contributed by atoms with E-state index in [2.05, 4.69) is 29.0 Å². The molecule has 0 saturated carbocycles. The van der Waals surface area contributed by atoms with Crippen molar-refractivity contribution >= 4 is 35.1 Å². The third kappa shape index (κ3) is 6.39. The number of pyridine rings is 1. The molecule has 0 bridgehead atoms. The van der Waals surface area contributed by atoms with Crippen LogP contribution in [0.3, 0.4) is 0 Å². The van der Waals surface area contributed by atoms with Crippen molar-refractivity contribution < 1.29 is 18.7 Å². The number of rotatable bonds is 9. The fourth-order valence-corrected chi connectivity index (χ4v) is 4.11. The average Bonchev–Trinajstić information content (AvgIpc) is 3.48. The van der Waals surface area contributed by atoms with Gasteiger partial charge in [0.15, 0.2) is 16.7 Å². The van der Waals surface area contributed by atoms with Crippen LogP contribution in [0.15, 0.2) is 80.6 Å². The minimum atomic E-state index is -0.169.